The number of ether oxygens (including phenoxy) is 1. The van der Waals surface area contributed by atoms with Crippen molar-refractivity contribution in [3.05, 3.63) is 125 Å². The van der Waals surface area contributed by atoms with Gasteiger partial charge in [-0.3, -0.25) is 4.79 Å². The third-order valence-electron chi connectivity index (χ3n) is 6.92. The summed E-state index contributed by atoms with van der Waals surface area (Å²) in [4.78, 5) is 13.2. The molecule has 172 valence electrons. The first kappa shape index (κ1) is 21.2. The molecule has 1 aromatic heterocycles. The van der Waals surface area contributed by atoms with Gasteiger partial charge in [-0.25, -0.2) is 0 Å². The molecular formula is C32H20BrNO2. The lowest BCUT2D eigenvalue weighted by Crippen LogP contribution is -2.02. The van der Waals surface area contributed by atoms with E-state index in [9.17, 15) is 4.79 Å². The number of benzene rings is 5. The second-order valence-corrected chi connectivity index (χ2v) is 9.89. The average Bonchev–Trinajstić information content (AvgIpc) is 3.16. The van der Waals surface area contributed by atoms with E-state index >= 15 is 0 Å². The van der Waals surface area contributed by atoms with Crippen LogP contribution in [0.5, 0.6) is 11.5 Å². The molecule has 4 heteroatoms. The standard InChI is InChI=1S/C32H20BrNO2/c33-27-14-6-8-21-19-30(35)25-13-7-12-23(32(25)36-31(21)27)20-16-17-29-26(18-20)24-11-4-5-15-28(24)34(29)22-9-2-1-3-10-22/h1-18H,19H2. The molecule has 1 aliphatic rings. The molecule has 0 fully saturated rings. The summed E-state index contributed by atoms with van der Waals surface area (Å²) in [5, 5.41) is 2.34. The van der Waals surface area contributed by atoms with Gasteiger partial charge in [0.25, 0.3) is 0 Å². The fourth-order valence-corrected chi connectivity index (χ4v) is 5.76. The minimum atomic E-state index is 0.0606. The number of carbonyl (C=O) groups is 1. The average molecular weight is 530 g/mol. The van der Waals surface area contributed by atoms with Crippen LogP contribution in [0.15, 0.2) is 114 Å². The van der Waals surface area contributed by atoms with Crippen LogP contribution in [0.4, 0.5) is 0 Å². The first-order chi connectivity index (χ1) is 17.7. The van der Waals surface area contributed by atoms with Gasteiger partial charge in [-0.2, -0.15) is 0 Å². The highest BCUT2D eigenvalue weighted by Gasteiger charge is 2.25. The smallest absolute Gasteiger partial charge is 0.171 e. The molecule has 0 amide bonds. The summed E-state index contributed by atoms with van der Waals surface area (Å²) in [6.45, 7) is 0. The van der Waals surface area contributed by atoms with Gasteiger partial charge in [0.1, 0.15) is 11.5 Å². The number of aromatic nitrogens is 1. The predicted molar refractivity (Wildman–Crippen MR) is 148 cm³/mol. The number of para-hydroxylation sites is 4. The Morgan fingerprint density at radius 1 is 0.667 bits per heavy atom. The van der Waals surface area contributed by atoms with Crippen molar-refractivity contribution >= 4 is 43.5 Å². The van der Waals surface area contributed by atoms with Gasteiger partial charge in [0.15, 0.2) is 5.78 Å². The highest BCUT2D eigenvalue weighted by molar-refractivity contribution is 9.10. The fourth-order valence-electron chi connectivity index (χ4n) is 5.27. The van der Waals surface area contributed by atoms with Crippen molar-refractivity contribution < 1.29 is 9.53 Å². The summed E-state index contributed by atoms with van der Waals surface area (Å²) in [6.07, 6.45) is 0.314. The lowest BCUT2D eigenvalue weighted by molar-refractivity contribution is 0.0993. The van der Waals surface area contributed by atoms with Crippen molar-refractivity contribution in [3.8, 4) is 28.3 Å². The van der Waals surface area contributed by atoms with Crippen LogP contribution in [0.1, 0.15) is 15.9 Å². The molecule has 3 nitrogen and oxygen atoms in total. The molecule has 0 bridgehead atoms. The number of hydrogen-bond acceptors (Lipinski definition) is 2. The van der Waals surface area contributed by atoms with Gasteiger partial charge >= 0.3 is 0 Å². The quantitative estimate of drug-likeness (QED) is 0.224. The zero-order valence-corrected chi connectivity index (χ0v) is 20.8. The largest absolute Gasteiger partial charge is 0.454 e. The van der Waals surface area contributed by atoms with Crippen molar-refractivity contribution in [2.45, 2.75) is 6.42 Å². The second kappa shape index (κ2) is 8.21. The van der Waals surface area contributed by atoms with Crippen molar-refractivity contribution in [1.82, 2.24) is 4.57 Å². The summed E-state index contributed by atoms with van der Waals surface area (Å²) in [6, 6.07) is 37.1. The number of nitrogens with zero attached hydrogens (tertiary/aromatic N) is 1. The molecule has 36 heavy (non-hydrogen) atoms. The number of Topliss-reactive ketones (excluding diaryl/α,β-unsaturated/α-hetero) is 1. The Balaban J connectivity index is 1.47. The lowest BCUT2D eigenvalue weighted by atomic mass is 9.96. The maximum atomic E-state index is 13.2. The van der Waals surface area contributed by atoms with Gasteiger partial charge in [0, 0.05) is 34.0 Å². The normalized spacial score (nSPS) is 12.8. The highest BCUT2D eigenvalue weighted by Crippen LogP contribution is 2.44. The number of halogens is 1. The molecule has 2 heterocycles. The van der Waals surface area contributed by atoms with E-state index in [-0.39, 0.29) is 5.78 Å². The predicted octanol–water partition coefficient (Wildman–Crippen LogP) is 8.74. The Morgan fingerprint density at radius 2 is 1.42 bits per heavy atom. The number of hydrogen-bond donors (Lipinski definition) is 0. The van der Waals surface area contributed by atoms with Gasteiger partial charge in [-0.05, 0) is 64.0 Å². The topological polar surface area (TPSA) is 31.2 Å². The molecule has 0 spiro atoms. The van der Waals surface area contributed by atoms with E-state index < -0.39 is 0 Å². The number of rotatable bonds is 2. The zero-order chi connectivity index (χ0) is 24.2. The van der Waals surface area contributed by atoms with Crippen LogP contribution < -0.4 is 4.74 Å². The maximum Gasteiger partial charge on any atom is 0.171 e. The third-order valence-corrected chi connectivity index (χ3v) is 7.54. The SMILES string of the molecule is O=C1Cc2cccc(Br)c2Oc2c1cccc2-c1ccc2c(c1)c1ccccc1n2-c1ccccc1. The molecule has 6 aromatic rings. The first-order valence-corrected chi connectivity index (χ1v) is 12.7. The van der Waals surface area contributed by atoms with Crippen LogP contribution in [0, 0.1) is 0 Å². The second-order valence-electron chi connectivity index (χ2n) is 9.03. The van der Waals surface area contributed by atoms with E-state index in [1.165, 1.54) is 5.39 Å². The summed E-state index contributed by atoms with van der Waals surface area (Å²) in [7, 11) is 0. The fraction of sp³-hybridized carbons (Fsp3) is 0.0312. The lowest BCUT2D eigenvalue weighted by Gasteiger charge is -2.15. The van der Waals surface area contributed by atoms with Crippen molar-refractivity contribution in [2.75, 3.05) is 0 Å². The van der Waals surface area contributed by atoms with Gasteiger partial charge in [0.2, 0.25) is 0 Å². The third kappa shape index (κ3) is 3.22. The minimum Gasteiger partial charge on any atom is -0.454 e. The Bertz CT molecular complexity index is 1820. The molecule has 0 N–H and O–H groups in total. The number of ketones is 1. The maximum absolute atomic E-state index is 13.2. The molecule has 0 atom stereocenters. The highest BCUT2D eigenvalue weighted by atomic mass is 79.9. The first-order valence-electron chi connectivity index (χ1n) is 11.9. The molecule has 1 aliphatic heterocycles. The molecule has 0 saturated carbocycles. The van der Waals surface area contributed by atoms with E-state index in [0.717, 1.165) is 43.3 Å². The molecule has 7 rings (SSSR count). The molecule has 0 saturated heterocycles. The molecule has 0 radical (unpaired) electrons. The van der Waals surface area contributed by atoms with Crippen LogP contribution in [0.3, 0.4) is 0 Å². The van der Waals surface area contributed by atoms with Crippen molar-refractivity contribution in [2.24, 2.45) is 0 Å². The number of carbonyl (C=O) groups excluding carboxylic acids is 1. The molecule has 5 aromatic carbocycles. The Kier molecular flexibility index (Phi) is 4.83. The van der Waals surface area contributed by atoms with Crippen LogP contribution in [-0.2, 0) is 6.42 Å². The van der Waals surface area contributed by atoms with Crippen molar-refractivity contribution in [1.29, 1.82) is 0 Å². The van der Waals surface area contributed by atoms with E-state index in [1.807, 2.05) is 42.5 Å². The minimum absolute atomic E-state index is 0.0606. The van der Waals surface area contributed by atoms with Crippen LogP contribution in [0.2, 0.25) is 0 Å². The summed E-state index contributed by atoms with van der Waals surface area (Å²) in [5.74, 6) is 1.38. The monoisotopic (exact) mass is 529 g/mol. The summed E-state index contributed by atoms with van der Waals surface area (Å²) >= 11 is 3.61. The van der Waals surface area contributed by atoms with Gasteiger partial charge < -0.3 is 9.30 Å². The Labute approximate surface area is 216 Å². The number of fused-ring (bicyclic) bond motifs is 5. The Hall–Kier alpha value is -4.15. The van der Waals surface area contributed by atoms with Gasteiger partial charge in [-0.1, -0.05) is 66.7 Å². The van der Waals surface area contributed by atoms with Crippen LogP contribution in [0.25, 0.3) is 38.6 Å². The van der Waals surface area contributed by atoms with E-state index in [1.54, 1.807) is 0 Å². The van der Waals surface area contributed by atoms with E-state index in [4.69, 9.17) is 4.74 Å². The zero-order valence-electron chi connectivity index (χ0n) is 19.2. The van der Waals surface area contributed by atoms with Crippen LogP contribution >= 0.6 is 15.9 Å². The molecule has 0 unspecified atom stereocenters. The van der Waals surface area contributed by atoms with E-state index in [0.29, 0.717) is 23.5 Å². The van der Waals surface area contributed by atoms with Gasteiger partial charge in [-0.15, -0.1) is 0 Å². The van der Waals surface area contributed by atoms with Crippen LogP contribution in [-0.4, -0.2) is 10.4 Å². The van der Waals surface area contributed by atoms with Crippen molar-refractivity contribution in [3.63, 3.8) is 0 Å². The Morgan fingerprint density at radius 3 is 2.31 bits per heavy atom. The molecular weight excluding hydrogens is 510 g/mol. The summed E-state index contributed by atoms with van der Waals surface area (Å²) in [5.41, 5.74) is 6.84. The summed E-state index contributed by atoms with van der Waals surface area (Å²) < 4.78 is 9.63. The van der Waals surface area contributed by atoms with Gasteiger partial charge in [0.05, 0.1) is 21.1 Å². The van der Waals surface area contributed by atoms with E-state index in [2.05, 4.69) is 87.2 Å². The molecule has 0 aliphatic carbocycles.